The molecule has 1 heterocycles. The lowest BCUT2D eigenvalue weighted by molar-refractivity contribution is 0.0636. The topological polar surface area (TPSA) is 55.4 Å². The van der Waals surface area contributed by atoms with Crippen LogP contribution in [0.25, 0.3) is 0 Å². The number of aryl methyl sites for hydroxylation is 1. The van der Waals surface area contributed by atoms with E-state index in [0.29, 0.717) is 16.1 Å². The number of nitrogens with one attached hydrogen (secondary N) is 1. The molecular weight excluding hydrogens is 341 g/mol. The predicted molar refractivity (Wildman–Crippen MR) is 96.0 cm³/mol. The maximum Gasteiger partial charge on any atom is 0.412 e. The second-order valence-corrected chi connectivity index (χ2v) is 8.13. The summed E-state index contributed by atoms with van der Waals surface area (Å²) in [6.07, 6.45) is 2.13. The smallest absolute Gasteiger partial charge is 0.412 e. The van der Waals surface area contributed by atoms with Crippen LogP contribution in [-0.2, 0) is 17.6 Å². The van der Waals surface area contributed by atoms with Gasteiger partial charge in [-0.25, -0.2) is 9.18 Å². The summed E-state index contributed by atoms with van der Waals surface area (Å²) in [6.45, 7) is 5.35. The van der Waals surface area contributed by atoms with Crippen LogP contribution in [0.4, 0.5) is 14.2 Å². The molecule has 1 amide bonds. The van der Waals surface area contributed by atoms with Gasteiger partial charge in [-0.3, -0.25) is 10.1 Å². The van der Waals surface area contributed by atoms with Crippen molar-refractivity contribution in [1.82, 2.24) is 0 Å². The van der Waals surface area contributed by atoms with Crippen LogP contribution < -0.4 is 5.32 Å². The summed E-state index contributed by atoms with van der Waals surface area (Å²) >= 11 is 1.42. The molecule has 0 fully saturated rings. The number of thiophene rings is 1. The van der Waals surface area contributed by atoms with Gasteiger partial charge in [-0.05, 0) is 69.9 Å². The number of rotatable bonds is 3. The molecule has 0 radical (unpaired) electrons. The van der Waals surface area contributed by atoms with Crippen LogP contribution >= 0.6 is 11.3 Å². The Bertz CT molecular complexity index is 818. The standard InChI is InChI=1S/C19H20FNO3S/c1-19(2,3)24-18(23)21-17-15(13-5-4-6-14(13)25-17)16(22)11-7-9-12(20)10-8-11/h7-10H,4-6H2,1-3H3,(H,21,23). The van der Waals surface area contributed by atoms with Gasteiger partial charge in [0.2, 0.25) is 0 Å². The number of carbonyl (C=O) groups is 2. The second-order valence-electron chi connectivity index (χ2n) is 7.02. The zero-order valence-electron chi connectivity index (χ0n) is 14.4. The van der Waals surface area contributed by atoms with E-state index >= 15 is 0 Å². The third-order valence-corrected chi connectivity index (χ3v) is 5.08. The minimum Gasteiger partial charge on any atom is -0.444 e. The first-order chi connectivity index (χ1) is 11.7. The highest BCUT2D eigenvalue weighted by Crippen LogP contribution is 2.40. The molecule has 0 bridgehead atoms. The molecule has 25 heavy (non-hydrogen) atoms. The summed E-state index contributed by atoms with van der Waals surface area (Å²) in [5.41, 5.74) is 1.28. The van der Waals surface area contributed by atoms with Gasteiger partial charge >= 0.3 is 6.09 Å². The highest BCUT2D eigenvalue weighted by atomic mass is 32.1. The fraction of sp³-hybridized carbons (Fsp3) is 0.368. The third-order valence-electron chi connectivity index (χ3n) is 3.87. The van der Waals surface area contributed by atoms with Gasteiger partial charge in [-0.1, -0.05) is 0 Å². The molecule has 0 saturated carbocycles. The Labute approximate surface area is 150 Å². The van der Waals surface area contributed by atoms with Crippen LogP contribution in [0.5, 0.6) is 0 Å². The number of hydrogen-bond acceptors (Lipinski definition) is 4. The zero-order valence-corrected chi connectivity index (χ0v) is 15.3. The minimum atomic E-state index is -0.620. The Hall–Kier alpha value is -2.21. The Morgan fingerprint density at radius 3 is 2.48 bits per heavy atom. The summed E-state index contributed by atoms with van der Waals surface area (Å²) in [5, 5.41) is 3.23. The molecule has 2 aromatic rings. The van der Waals surface area contributed by atoms with Crippen LogP contribution in [0, 0.1) is 5.82 Å². The normalized spacial score (nSPS) is 13.4. The second kappa shape index (κ2) is 6.59. The van der Waals surface area contributed by atoms with Gasteiger partial charge < -0.3 is 4.74 Å². The molecule has 4 nitrogen and oxygen atoms in total. The molecule has 0 spiro atoms. The highest BCUT2D eigenvalue weighted by Gasteiger charge is 2.29. The number of halogens is 1. The molecule has 1 aliphatic rings. The molecule has 1 aliphatic carbocycles. The van der Waals surface area contributed by atoms with Gasteiger partial charge in [0.15, 0.2) is 5.78 Å². The number of benzene rings is 1. The van der Waals surface area contributed by atoms with Crippen LogP contribution in [0.2, 0.25) is 0 Å². The van der Waals surface area contributed by atoms with Crippen molar-refractivity contribution in [3.05, 3.63) is 51.7 Å². The maximum atomic E-state index is 13.1. The summed E-state index contributed by atoms with van der Waals surface area (Å²) in [4.78, 5) is 26.2. The number of amides is 1. The Morgan fingerprint density at radius 1 is 1.16 bits per heavy atom. The first-order valence-corrected chi connectivity index (χ1v) is 9.01. The lowest BCUT2D eigenvalue weighted by Gasteiger charge is -2.19. The molecule has 1 aromatic carbocycles. The Kier molecular flexibility index (Phi) is 4.64. The Morgan fingerprint density at radius 2 is 1.84 bits per heavy atom. The van der Waals surface area contributed by atoms with Gasteiger partial charge in [0, 0.05) is 10.4 Å². The van der Waals surface area contributed by atoms with Crippen molar-refractivity contribution < 1.29 is 18.7 Å². The number of hydrogen-bond donors (Lipinski definition) is 1. The van der Waals surface area contributed by atoms with Crippen molar-refractivity contribution >= 4 is 28.2 Å². The summed E-state index contributed by atoms with van der Waals surface area (Å²) in [7, 11) is 0. The summed E-state index contributed by atoms with van der Waals surface area (Å²) < 4.78 is 18.4. The number of ether oxygens (including phenoxy) is 1. The molecule has 1 N–H and O–H groups in total. The van der Waals surface area contributed by atoms with E-state index in [0.717, 1.165) is 29.7 Å². The number of anilines is 1. The lowest BCUT2D eigenvalue weighted by Crippen LogP contribution is -2.27. The van der Waals surface area contributed by atoms with E-state index in [1.54, 1.807) is 20.8 Å². The first kappa shape index (κ1) is 17.6. The molecule has 6 heteroatoms. The van der Waals surface area contributed by atoms with Gasteiger partial charge in [-0.15, -0.1) is 11.3 Å². The van der Waals surface area contributed by atoms with Gasteiger partial charge in [0.05, 0.1) is 5.56 Å². The van der Waals surface area contributed by atoms with E-state index in [2.05, 4.69) is 5.32 Å². The third kappa shape index (κ3) is 3.90. The van der Waals surface area contributed by atoms with Crippen molar-refractivity contribution in [1.29, 1.82) is 0 Å². The number of ketones is 1. The van der Waals surface area contributed by atoms with Crippen molar-refractivity contribution in [3.8, 4) is 0 Å². The van der Waals surface area contributed by atoms with Gasteiger partial charge in [0.1, 0.15) is 16.4 Å². The minimum absolute atomic E-state index is 0.203. The molecule has 132 valence electrons. The fourth-order valence-electron chi connectivity index (χ4n) is 2.87. The first-order valence-electron chi connectivity index (χ1n) is 8.19. The van der Waals surface area contributed by atoms with E-state index < -0.39 is 11.7 Å². The van der Waals surface area contributed by atoms with E-state index in [1.165, 1.54) is 35.6 Å². The molecule has 1 aromatic heterocycles. The SMILES string of the molecule is CC(C)(C)OC(=O)Nc1sc2c(c1C(=O)c1ccc(F)cc1)CCC2. The van der Waals surface area contributed by atoms with E-state index in [-0.39, 0.29) is 11.6 Å². The molecule has 0 atom stereocenters. The number of carbonyl (C=O) groups excluding carboxylic acids is 2. The number of fused-ring (bicyclic) bond motifs is 1. The van der Waals surface area contributed by atoms with Crippen LogP contribution in [-0.4, -0.2) is 17.5 Å². The van der Waals surface area contributed by atoms with Crippen molar-refractivity contribution in [2.24, 2.45) is 0 Å². The average Bonchev–Trinajstić information content (AvgIpc) is 3.05. The van der Waals surface area contributed by atoms with Gasteiger partial charge in [0.25, 0.3) is 0 Å². The van der Waals surface area contributed by atoms with Crippen molar-refractivity contribution in [2.75, 3.05) is 5.32 Å². The lowest BCUT2D eigenvalue weighted by atomic mass is 10.0. The molecule has 3 rings (SSSR count). The van der Waals surface area contributed by atoms with Crippen molar-refractivity contribution in [3.63, 3.8) is 0 Å². The predicted octanol–water partition coefficient (Wildman–Crippen LogP) is 4.95. The molecular formula is C19H20FNO3S. The van der Waals surface area contributed by atoms with Gasteiger partial charge in [-0.2, -0.15) is 0 Å². The van der Waals surface area contributed by atoms with Crippen molar-refractivity contribution in [2.45, 2.75) is 45.6 Å². The average molecular weight is 361 g/mol. The quantitative estimate of drug-likeness (QED) is 0.787. The fourth-order valence-corrected chi connectivity index (χ4v) is 4.15. The largest absolute Gasteiger partial charge is 0.444 e. The molecule has 0 unspecified atom stereocenters. The highest BCUT2D eigenvalue weighted by molar-refractivity contribution is 7.17. The molecule has 0 saturated heterocycles. The molecule has 0 aliphatic heterocycles. The van der Waals surface area contributed by atoms with E-state index in [9.17, 15) is 14.0 Å². The monoisotopic (exact) mass is 361 g/mol. The maximum absolute atomic E-state index is 13.1. The Balaban J connectivity index is 1.93. The van der Waals surface area contributed by atoms with E-state index in [1.807, 2.05) is 0 Å². The summed E-state index contributed by atoms with van der Waals surface area (Å²) in [6, 6.07) is 5.46. The van der Waals surface area contributed by atoms with Crippen LogP contribution in [0.1, 0.15) is 53.6 Å². The zero-order chi connectivity index (χ0) is 18.2. The van der Waals surface area contributed by atoms with Crippen LogP contribution in [0.3, 0.4) is 0 Å². The van der Waals surface area contributed by atoms with E-state index in [4.69, 9.17) is 4.74 Å². The van der Waals surface area contributed by atoms with Crippen LogP contribution in [0.15, 0.2) is 24.3 Å². The summed E-state index contributed by atoms with van der Waals surface area (Å²) in [5.74, 6) is -0.593.